The van der Waals surface area contributed by atoms with Gasteiger partial charge in [-0.3, -0.25) is 14.6 Å². The van der Waals surface area contributed by atoms with Crippen LogP contribution in [0.15, 0.2) is 35.0 Å². The average Bonchev–Trinajstić information content (AvgIpc) is 2.44. The van der Waals surface area contributed by atoms with E-state index >= 15 is 0 Å². The smallest absolute Gasteiger partial charge is 0.273 e. The van der Waals surface area contributed by atoms with Crippen molar-refractivity contribution in [2.24, 2.45) is 4.99 Å². The summed E-state index contributed by atoms with van der Waals surface area (Å²) in [5, 5.41) is 5.27. The molecule has 0 saturated heterocycles. The van der Waals surface area contributed by atoms with Crippen molar-refractivity contribution in [1.82, 2.24) is 5.32 Å². The number of amides is 2. The number of carbonyl (C=O) groups excluding carboxylic acids is 2. The zero-order valence-electron chi connectivity index (χ0n) is 12.2. The number of aryl methyl sites for hydroxylation is 1. The van der Waals surface area contributed by atoms with Crippen molar-refractivity contribution in [3.63, 3.8) is 0 Å². The van der Waals surface area contributed by atoms with Gasteiger partial charge in [0.1, 0.15) is 5.70 Å². The van der Waals surface area contributed by atoms with E-state index in [-0.39, 0.29) is 11.8 Å². The summed E-state index contributed by atoms with van der Waals surface area (Å²) >= 11 is 0. The van der Waals surface area contributed by atoms with Gasteiger partial charge in [-0.25, -0.2) is 0 Å². The molecule has 5 nitrogen and oxygen atoms in total. The maximum Gasteiger partial charge on any atom is 0.273 e. The quantitative estimate of drug-likeness (QED) is 0.652. The fraction of sp³-hybridized carbons (Fsp3) is 0.267. The van der Waals surface area contributed by atoms with Crippen molar-refractivity contribution in [2.75, 3.05) is 12.4 Å². The number of carbonyl (C=O) groups is 2. The Balaban J connectivity index is 3.11. The second-order valence-electron chi connectivity index (χ2n) is 4.14. The Kier molecular flexibility index (Phi) is 5.65. The molecule has 0 aromatic heterocycles. The molecule has 20 heavy (non-hydrogen) atoms. The Hall–Kier alpha value is -2.43. The lowest BCUT2D eigenvalue weighted by molar-refractivity contribution is -0.112. The first-order chi connectivity index (χ1) is 9.53. The summed E-state index contributed by atoms with van der Waals surface area (Å²) in [7, 11) is 1.55. The van der Waals surface area contributed by atoms with E-state index in [0.717, 1.165) is 5.56 Å². The molecular formula is C15H19N3O2. The summed E-state index contributed by atoms with van der Waals surface area (Å²) < 4.78 is 0. The lowest BCUT2D eigenvalue weighted by Crippen LogP contribution is -2.22. The molecule has 0 spiro atoms. The van der Waals surface area contributed by atoms with Crippen LogP contribution in [0, 0.1) is 6.92 Å². The third kappa shape index (κ3) is 3.78. The zero-order chi connectivity index (χ0) is 15.1. The zero-order valence-corrected chi connectivity index (χ0v) is 12.2. The molecule has 2 amide bonds. The normalized spacial score (nSPS) is 11.5. The monoisotopic (exact) mass is 273 g/mol. The predicted octanol–water partition coefficient (Wildman–Crippen LogP) is 2.29. The van der Waals surface area contributed by atoms with Crippen LogP contribution in [0.3, 0.4) is 0 Å². The minimum atomic E-state index is -0.346. The molecule has 0 unspecified atom stereocenters. The number of aliphatic imine (C=N–C) groups is 1. The standard InChI is InChI=1S/C15H19N3O2/c1-5-12(17-6-2)15(20)18-13-9-10(3)7-8-11(13)14(19)16-4/h5-9H,1-4H3,(H,16,19)(H,18,20)/b12-5-,17-6-. The van der Waals surface area contributed by atoms with Crippen LogP contribution in [0.5, 0.6) is 0 Å². The van der Waals surface area contributed by atoms with Crippen molar-refractivity contribution >= 4 is 23.7 Å². The maximum absolute atomic E-state index is 12.1. The van der Waals surface area contributed by atoms with Gasteiger partial charge in [0.25, 0.3) is 11.8 Å². The summed E-state index contributed by atoms with van der Waals surface area (Å²) in [6, 6.07) is 5.26. The van der Waals surface area contributed by atoms with E-state index in [1.807, 2.05) is 13.0 Å². The largest absolute Gasteiger partial charge is 0.355 e. The molecule has 0 aliphatic heterocycles. The number of nitrogens with one attached hydrogen (secondary N) is 2. The number of hydrogen-bond acceptors (Lipinski definition) is 3. The predicted molar refractivity (Wildman–Crippen MR) is 81.1 cm³/mol. The molecule has 1 aromatic rings. The highest BCUT2D eigenvalue weighted by Crippen LogP contribution is 2.18. The molecule has 0 bridgehead atoms. The van der Waals surface area contributed by atoms with E-state index in [1.165, 1.54) is 0 Å². The van der Waals surface area contributed by atoms with Gasteiger partial charge in [-0.05, 0) is 38.5 Å². The Morgan fingerprint density at radius 2 is 1.95 bits per heavy atom. The Morgan fingerprint density at radius 3 is 2.50 bits per heavy atom. The first kappa shape index (κ1) is 15.6. The Morgan fingerprint density at radius 1 is 1.25 bits per heavy atom. The van der Waals surface area contributed by atoms with Crippen LogP contribution in [-0.4, -0.2) is 25.1 Å². The molecule has 0 radical (unpaired) electrons. The van der Waals surface area contributed by atoms with Gasteiger partial charge >= 0.3 is 0 Å². The van der Waals surface area contributed by atoms with Gasteiger partial charge in [0.2, 0.25) is 0 Å². The number of rotatable bonds is 4. The second-order valence-corrected chi connectivity index (χ2v) is 4.14. The minimum Gasteiger partial charge on any atom is -0.355 e. The molecule has 5 heteroatoms. The molecular weight excluding hydrogens is 254 g/mol. The van der Waals surface area contributed by atoms with E-state index in [9.17, 15) is 9.59 Å². The number of anilines is 1. The maximum atomic E-state index is 12.1. The van der Waals surface area contributed by atoms with Crippen molar-refractivity contribution in [2.45, 2.75) is 20.8 Å². The van der Waals surface area contributed by atoms with E-state index in [2.05, 4.69) is 15.6 Å². The van der Waals surface area contributed by atoms with Gasteiger partial charge in [-0.1, -0.05) is 12.1 Å². The second kappa shape index (κ2) is 7.23. The number of benzene rings is 1. The molecule has 0 atom stereocenters. The topological polar surface area (TPSA) is 70.6 Å². The van der Waals surface area contributed by atoms with Crippen LogP contribution in [0.4, 0.5) is 5.69 Å². The summed E-state index contributed by atoms with van der Waals surface area (Å²) in [5.74, 6) is -0.595. The third-order valence-electron chi connectivity index (χ3n) is 2.67. The number of hydrogen-bond donors (Lipinski definition) is 2. The molecule has 0 saturated carbocycles. The fourth-order valence-corrected chi connectivity index (χ4v) is 1.68. The van der Waals surface area contributed by atoms with Crippen molar-refractivity contribution in [3.05, 3.63) is 41.1 Å². The summed E-state index contributed by atoms with van der Waals surface area (Å²) in [4.78, 5) is 27.8. The van der Waals surface area contributed by atoms with Crippen molar-refractivity contribution < 1.29 is 9.59 Å². The molecule has 1 rings (SSSR count). The Bertz CT molecular complexity index is 574. The van der Waals surface area contributed by atoms with E-state index in [1.54, 1.807) is 45.3 Å². The van der Waals surface area contributed by atoms with Gasteiger partial charge in [-0.2, -0.15) is 0 Å². The number of nitrogens with zero attached hydrogens (tertiary/aromatic N) is 1. The first-order valence-corrected chi connectivity index (χ1v) is 6.32. The van der Waals surface area contributed by atoms with Crippen LogP contribution in [0.1, 0.15) is 29.8 Å². The highest BCUT2D eigenvalue weighted by molar-refractivity contribution is 6.08. The van der Waals surface area contributed by atoms with Crippen molar-refractivity contribution in [1.29, 1.82) is 0 Å². The molecule has 2 N–H and O–H groups in total. The van der Waals surface area contributed by atoms with Gasteiger partial charge in [-0.15, -0.1) is 0 Å². The molecule has 0 fully saturated rings. The average molecular weight is 273 g/mol. The van der Waals surface area contributed by atoms with E-state index < -0.39 is 0 Å². The Labute approximate surface area is 118 Å². The minimum absolute atomic E-state index is 0.249. The number of allylic oxidation sites excluding steroid dienone is 1. The summed E-state index contributed by atoms with van der Waals surface area (Å²) in [6.07, 6.45) is 3.16. The summed E-state index contributed by atoms with van der Waals surface area (Å²) in [6.45, 7) is 5.36. The summed E-state index contributed by atoms with van der Waals surface area (Å²) in [5.41, 5.74) is 2.15. The van der Waals surface area contributed by atoms with Gasteiger partial charge in [0, 0.05) is 13.3 Å². The van der Waals surface area contributed by atoms with Crippen LogP contribution in [0.2, 0.25) is 0 Å². The van der Waals surface area contributed by atoms with E-state index in [4.69, 9.17) is 0 Å². The SMILES string of the molecule is C/C=N\C(=C/C)C(=O)Nc1cc(C)ccc1C(=O)NC. The van der Waals surface area contributed by atoms with Crippen LogP contribution < -0.4 is 10.6 Å². The van der Waals surface area contributed by atoms with Crippen LogP contribution in [0.25, 0.3) is 0 Å². The molecule has 1 aromatic carbocycles. The first-order valence-electron chi connectivity index (χ1n) is 6.32. The molecule has 106 valence electrons. The molecule has 0 aliphatic carbocycles. The van der Waals surface area contributed by atoms with Gasteiger partial charge in [0.15, 0.2) is 0 Å². The lowest BCUT2D eigenvalue weighted by Gasteiger charge is -2.11. The molecule has 0 heterocycles. The third-order valence-corrected chi connectivity index (χ3v) is 2.67. The van der Waals surface area contributed by atoms with E-state index in [0.29, 0.717) is 16.9 Å². The highest BCUT2D eigenvalue weighted by Gasteiger charge is 2.14. The molecule has 0 aliphatic rings. The fourth-order valence-electron chi connectivity index (χ4n) is 1.68. The van der Waals surface area contributed by atoms with Gasteiger partial charge < -0.3 is 10.6 Å². The van der Waals surface area contributed by atoms with Crippen LogP contribution in [-0.2, 0) is 4.79 Å². The van der Waals surface area contributed by atoms with Crippen LogP contribution >= 0.6 is 0 Å². The lowest BCUT2D eigenvalue weighted by atomic mass is 10.1. The highest BCUT2D eigenvalue weighted by atomic mass is 16.2. The van der Waals surface area contributed by atoms with Crippen molar-refractivity contribution in [3.8, 4) is 0 Å². The van der Waals surface area contributed by atoms with Gasteiger partial charge in [0.05, 0.1) is 11.3 Å².